The van der Waals surface area contributed by atoms with E-state index in [1.54, 1.807) is 19.1 Å². The summed E-state index contributed by atoms with van der Waals surface area (Å²) in [4.78, 5) is 0. The standard InChI is InChI=1S/C16H17ClFNO/c1-3-19-10-12-4-7-16(14(17)9-12)20-13-5-6-15(18)11(2)8-13/h4-9,19H,3,10H2,1-2H3. The number of halogens is 2. The third-order valence-electron chi connectivity index (χ3n) is 2.93. The van der Waals surface area contributed by atoms with Gasteiger partial charge in [0.25, 0.3) is 0 Å². The first kappa shape index (κ1) is 14.8. The van der Waals surface area contributed by atoms with E-state index in [9.17, 15) is 4.39 Å². The van der Waals surface area contributed by atoms with Crippen LogP contribution in [0.4, 0.5) is 4.39 Å². The van der Waals surface area contributed by atoms with Crippen molar-refractivity contribution in [2.75, 3.05) is 6.54 Å². The zero-order valence-corrected chi connectivity index (χ0v) is 12.3. The average Bonchev–Trinajstić information content (AvgIpc) is 2.43. The van der Waals surface area contributed by atoms with E-state index in [0.717, 1.165) is 18.7 Å². The molecule has 0 radical (unpaired) electrons. The second-order valence-corrected chi connectivity index (χ2v) is 4.97. The third kappa shape index (κ3) is 3.71. The van der Waals surface area contributed by atoms with Crippen molar-refractivity contribution in [1.82, 2.24) is 5.32 Å². The van der Waals surface area contributed by atoms with Crippen molar-refractivity contribution >= 4 is 11.6 Å². The molecule has 106 valence electrons. The lowest BCUT2D eigenvalue weighted by atomic mass is 10.2. The first-order chi connectivity index (χ1) is 9.60. The molecule has 0 atom stereocenters. The first-order valence-electron chi connectivity index (χ1n) is 6.53. The second kappa shape index (κ2) is 6.73. The molecule has 0 bridgehead atoms. The van der Waals surface area contributed by atoms with Crippen LogP contribution in [0.15, 0.2) is 36.4 Å². The molecule has 0 amide bonds. The van der Waals surface area contributed by atoms with Crippen LogP contribution >= 0.6 is 11.6 Å². The van der Waals surface area contributed by atoms with Crippen LogP contribution in [0.2, 0.25) is 5.02 Å². The zero-order chi connectivity index (χ0) is 14.5. The normalized spacial score (nSPS) is 10.6. The van der Waals surface area contributed by atoms with E-state index in [4.69, 9.17) is 16.3 Å². The van der Waals surface area contributed by atoms with E-state index in [-0.39, 0.29) is 5.82 Å². The molecule has 0 aromatic heterocycles. The predicted molar refractivity (Wildman–Crippen MR) is 80.0 cm³/mol. The molecule has 0 heterocycles. The maximum Gasteiger partial charge on any atom is 0.146 e. The van der Waals surface area contributed by atoms with Crippen molar-refractivity contribution in [2.24, 2.45) is 0 Å². The minimum Gasteiger partial charge on any atom is -0.456 e. The highest BCUT2D eigenvalue weighted by atomic mass is 35.5. The SMILES string of the molecule is CCNCc1ccc(Oc2ccc(F)c(C)c2)c(Cl)c1. The van der Waals surface area contributed by atoms with Crippen LogP contribution in [-0.4, -0.2) is 6.54 Å². The Bertz CT molecular complexity index is 601. The van der Waals surface area contributed by atoms with E-state index >= 15 is 0 Å². The van der Waals surface area contributed by atoms with Crippen molar-refractivity contribution in [1.29, 1.82) is 0 Å². The van der Waals surface area contributed by atoms with Gasteiger partial charge in [-0.25, -0.2) is 4.39 Å². The Hall–Kier alpha value is -1.58. The van der Waals surface area contributed by atoms with Crippen LogP contribution in [0.3, 0.4) is 0 Å². The molecular weight excluding hydrogens is 277 g/mol. The molecule has 0 saturated carbocycles. The Morgan fingerprint density at radius 2 is 2.00 bits per heavy atom. The number of nitrogens with one attached hydrogen (secondary N) is 1. The molecule has 2 aromatic carbocycles. The van der Waals surface area contributed by atoms with Gasteiger partial charge in [-0.1, -0.05) is 24.6 Å². The summed E-state index contributed by atoms with van der Waals surface area (Å²) in [6.45, 7) is 5.43. The maximum absolute atomic E-state index is 13.2. The Morgan fingerprint density at radius 3 is 2.65 bits per heavy atom. The van der Waals surface area contributed by atoms with E-state index in [2.05, 4.69) is 12.2 Å². The molecule has 0 aliphatic rings. The quantitative estimate of drug-likeness (QED) is 0.863. The second-order valence-electron chi connectivity index (χ2n) is 4.56. The molecule has 0 aliphatic heterocycles. The van der Waals surface area contributed by atoms with E-state index in [1.165, 1.54) is 6.07 Å². The average molecular weight is 294 g/mol. The maximum atomic E-state index is 13.2. The number of benzene rings is 2. The van der Waals surface area contributed by atoms with Crippen molar-refractivity contribution in [2.45, 2.75) is 20.4 Å². The third-order valence-corrected chi connectivity index (χ3v) is 3.23. The van der Waals surface area contributed by atoms with Crippen molar-refractivity contribution in [3.63, 3.8) is 0 Å². The molecule has 0 unspecified atom stereocenters. The molecule has 0 fully saturated rings. The Morgan fingerprint density at radius 1 is 1.20 bits per heavy atom. The van der Waals surface area contributed by atoms with E-state index < -0.39 is 0 Å². The van der Waals surface area contributed by atoms with Crippen LogP contribution in [0.25, 0.3) is 0 Å². The molecule has 2 rings (SSSR count). The summed E-state index contributed by atoms with van der Waals surface area (Å²) in [6.07, 6.45) is 0. The van der Waals surface area contributed by atoms with Gasteiger partial charge in [0.05, 0.1) is 5.02 Å². The largest absolute Gasteiger partial charge is 0.456 e. The van der Waals surface area contributed by atoms with Crippen LogP contribution < -0.4 is 10.1 Å². The van der Waals surface area contributed by atoms with E-state index in [1.807, 2.05) is 18.2 Å². The fourth-order valence-electron chi connectivity index (χ4n) is 1.81. The summed E-state index contributed by atoms with van der Waals surface area (Å²) in [7, 11) is 0. The Balaban J connectivity index is 2.14. The lowest BCUT2D eigenvalue weighted by Crippen LogP contribution is -2.11. The van der Waals surface area contributed by atoms with Gasteiger partial charge < -0.3 is 10.1 Å². The number of ether oxygens (including phenoxy) is 1. The van der Waals surface area contributed by atoms with Crippen LogP contribution in [0.5, 0.6) is 11.5 Å². The molecule has 20 heavy (non-hydrogen) atoms. The molecule has 2 nitrogen and oxygen atoms in total. The minimum atomic E-state index is -0.246. The lowest BCUT2D eigenvalue weighted by molar-refractivity contribution is 0.479. The summed E-state index contributed by atoms with van der Waals surface area (Å²) in [5.74, 6) is 0.896. The van der Waals surface area contributed by atoms with Crippen molar-refractivity contribution < 1.29 is 9.13 Å². The summed E-state index contributed by atoms with van der Waals surface area (Å²) < 4.78 is 18.9. The molecular formula is C16H17ClFNO. The lowest BCUT2D eigenvalue weighted by Gasteiger charge is -2.10. The van der Waals surface area contributed by atoms with Gasteiger partial charge in [0, 0.05) is 6.54 Å². The number of aryl methyl sites for hydroxylation is 1. The van der Waals surface area contributed by atoms with Gasteiger partial charge in [-0.15, -0.1) is 0 Å². The Kier molecular flexibility index (Phi) is 4.99. The van der Waals surface area contributed by atoms with Gasteiger partial charge in [-0.2, -0.15) is 0 Å². The smallest absolute Gasteiger partial charge is 0.146 e. The molecule has 0 saturated heterocycles. The van der Waals surface area contributed by atoms with Gasteiger partial charge in [0.15, 0.2) is 0 Å². The number of hydrogen-bond acceptors (Lipinski definition) is 2. The summed E-state index contributed by atoms with van der Waals surface area (Å²) >= 11 is 6.20. The molecule has 1 N–H and O–H groups in total. The van der Waals surface area contributed by atoms with Gasteiger partial charge in [0.2, 0.25) is 0 Å². The molecule has 2 aromatic rings. The van der Waals surface area contributed by atoms with Crippen LogP contribution in [-0.2, 0) is 6.54 Å². The highest BCUT2D eigenvalue weighted by molar-refractivity contribution is 6.32. The fraction of sp³-hybridized carbons (Fsp3) is 0.250. The van der Waals surface area contributed by atoms with Crippen molar-refractivity contribution in [3.05, 3.63) is 58.4 Å². The molecule has 0 aliphatic carbocycles. The molecule has 0 spiro atoms. The zero-order valence-electron chi connectivity index (χ0n) is 11.5. The summed E-state index contributed by atoms with van der Waals surface area (Å²) in [5, 5.41) is 3.78. The summed E-state index contributed by atoms with van der Waals surface area (Å²) in [5.41, 5.74) is 1.64. The first-order valence-corrected chi connectivity index (χ1v) is 6.91. The van der Waals surface area contributed by atoms with Crippen LogP contribution in [0, 0.1) is 12.7 Å². The molecule has 4 heteroatoms. The Labute approximate surface area is 123 Å². The fourth-order valence-corrected chi connectivity index (χ4v) is 2.06. The van der Waals surface area contributed by atoms with Crippen molar-refractivity contribution in [3.8, 4) is 11.5 Å². The monoisotopic (exact) mass is 293 g/mol. The van der Waals surface area contributed by atoms with Gasteiger partial charge >= 0.3 is 0 Å². The number of rotatable bonds is 5. The highest BCUT2D eigenvalue weighted by Crippen LogP contribution is 2.30. The van der Waals surface area contributed by atoms with Gasteiger partial charge in [0.1, 0.15) is 17.3 Å². The number of hydrogen-bond donors (Lipinski definition) is 1. The topological polar surface area (TPSA) is 21.3 Å². The van der Waals surface area contributed by atoms with Gasteiger partial charge in [-0.3, -0.25) is 0 Å². The van der Waals surface area contributed by atoms with Crippen LogP contribution in [0.1, 0.15) is 18.1 Å². The summed E-state index contributed by atoms with van der Waals surface area (Å²) in [6, 6.07) is 10.3. The highest BCUT2D eigenvalue weighted by Gasteiger charge is 2.06. The predicted octanol–water partition coefficient (Wildman–Crippen LogP) is 4.69. The van der Waals surface area contributed by atoms with Gasteiger partial charge in [-0.05, 0) is 54.9 Å². The van der Waals surface area contributed by atoms with E-state index in [0.29, 0.717) is 22.1 Å². The minimum absolute atomic E-state index is 0.246.